The predicted octanol–water partition coefficient (Wildman–Crippen LogP) is 1.92. The smallest absolute Gasteiger partial charge is 0.143 e. The average molecular weight is 306 g/mol. The summed E-state index contributed by atoms with van der Waals surface area (Å²) in [7, 11) is 0. The van der Waals surface area contributed by atoms with Gasteiger partial charge in [0.05, 0.1) is 5.69 Å². The maximum atomic E-state index is 5.81. The van der Waals surface area contributed by atoms with Crippen molar-refractivity contribution >= 4 is 34.2 Å². The van der Waals surface area contributed by atoms with Crippen molar-refractivity contribution < 1.29 is 0 Å². The van der Waals surface area contributed by atoms with Gasteiger partial charge in [0.15, 0.2) is 0 Å². The van der Waals surface area contributed by atoms with Gasteiger partial charge in [-0.05, 0) is 51.2 Å². The van der Waals surface area contributed by atoms with Gasteiger partial charge < -0.3 is 0 Å². The second kappa shape index (κ2) is 3.59. The Morgan fingerprint density at radius 2 is 2.23 bits per heavy atom. The highest BCUT2D eigenvalue weighted by atomic mass is 127. The molecule has 0 saturated carbocycles. The molecule has 0 N–H and O–H groups in total. The Balaban J connectivity index is 2.53. The van der Waals surface area contributed by atoms with Crippen LogP contribution in [-0.4, -0.2) is 20.2 Å². The van der Waals surface area contributed by atoms with E-state index in [9.17, 15) is 0 Å². The molecule has 0 radical (unpaired) electrons. The van der Waals surface area contributed by atoms with Crippen LogP contribution in [0.2, 0.25) is 5.02 Å². The molecule has 0 aliphatic carbocycles. The molecule has 2 rings (SSSR count). The minimum Gasteiger partial charge on any atom is -0.199 e. The molecule has 0 spiro atoms. The molecule has 1 aromatic heterocycles. The van der Waals surface area contributed by atoms with Crippen molar-refractivity contribution in [3.05, 3.63) is 33.1 Å². The van der Waals surface area contributed by atoms with Crippen LogP contribution in [0.5, 0.6) is 0 Å². The Bertz CT molecular complexity index is 414. The van der Waals surface area contributed by atoms with Crippen LogP contribution >= 0.6 is 34.2 Å². The first kappa shape index (κ1) is 8.89. The summed E-state index contributed by atoms with van der Waals surface area (Å²) in [5.41, 5.74) is 0.926. The van der Waals surface area contributed by atoms with E-state index in [0.717, 1.165) is 9.26 Å². The van der Waals surface area contributed by atoms with Crippen LogP contribution in [0, 0.1) is 3.57 Å². The molecule has 0 aliphatic rings. The van der Waals surface area contributed by atoms with Crippen LogP contribution in [0.1, 0.15) is 0 Å². The number of aromatic nitrogens is 4. The molecule has 0 amide bonds. The molecule has 0 bridgehead atoms. The lowest BCUT2D eigenvalue weighted by atomic mass is 10.3. The van der Waals surface area contributed by atoms with E-state index in [4.69, 9.17) is 11.6 Å². The molecular weight excluding hydrogens is 302 g/mol. The largest absolute Gasteiger partial charge is 0.199 e. The Hall–Kier alpha value is -0.690. The summed E-state index contributed by atoms with van der Waals surface area (Å²) in [5, 5.41) is 11.6. The van der Waals surface area contributed by atoms with Gasteiger partial charge in [-0.15, -0.1) is 5.10 Å². The van der Waals surface area contributed by atoms with Gasteiger partial charge in [0.25, 0.3) is 0 Å². The number of nitrogens with zero attached hydrogens (tertiary/aromatic N) is 4. The van der Waals surface area contributed by atoms with E-state index in [2.05, 4.69) is 38.1 Å². The quantitative estimate of drug-likeness (QED) is 0.756. The van der Waals surface area contributed by atoms with Crippen molar-refractivity contribution in [1.29, 1.82) is 0 Å². The van der Waals surface area contributed by atoms with Crippen LogP contribution < -0.4 is 0 Å². The SMILES string of the molecule is Clc1ccc(-n2cnnn2)c(I)c1. The monoisotopic (exact) mass is 306 g/mol. The van der Waals surface area contributed by atoms with Gasteiger partial charge in [-0.2, -0.15) is 4.68 Å². The molecule has 1 heterocycles. The summed E-state index contributed by atoms with van der Waals surface area (Å²) in [6.45, 7) is 0. The fourth-order valence-corrected chi connectivity index (χ4v) is 2.06. The van der Waals surface area contributed by atoms with E-state index in [1.807, 2.05) is 12.1 Å². The highest BCUT2D eigenvalue weighted by molar-refractivity contribution is 14.1. The van der Waals surface area contributed by atoms with Crippen LogP contribution in [0.4, 0.5) is 0 Å². The van der Waals surface area contributed by atoms with E-state index >= 15 is 0 Å². The lowest BCUT2D eigenvalue weighted by molar-refractivity contribution is 0.786. The Morgan fingerprint density at radius 3 is 2.85 bits per heavy atom. The fraction of sp³-hybridized carbons (Fsp3) is 0. The van der Waals surface area contributed by atoms with Crippen molar-refractivity contribution in [2.75, 3.05) is 0 Å². The van der Waals surface area contributed by atoms with Gasteiger partial charge in [0, 0.05) is 8.59 Å². The topological polar surface area (TPSA) is 43.6 Å². The number of tetrazole rings is 1. The number of benzene rings is 1. The van der Waals surface area contributed by atoms with Crippen molar-refractivity contribution in [3.8, 4) is 5.69 Å². The minimum atomic E-state index is 0.709. The van der Waals surface area contributed by atoms with Crippen LogP contribution in [0.15, 0.2) is 24.5 Å². The first-order valence-electron chi connectivity index (χ1n) is 3.46. The van der Waals surface area contributed by atoms with Crippen LogP contribution in [0.3, 0.4) is 0 Å². The zero-order chi connectivity index (χ0) is 9.26. The molecule has 13 heavy (non-hydrogen) atoms. The maximum absolute atomic E-state index is 5.81. The molecule has 6 heteroatoms. The van der Waals surface area contributed by atoms with Gasteiger partial charge in [-0.3, -0.25) is 0 Å². The van der Waals surface area contributed by atoms with Gasteiger partial charge in [-0.1, -0.05) is 11.6 Å². The van der Waals surface area contributed by atoms with Gasteiger partial charge >= 0.3 is 0 Å². The molecule has 0 saturated heterocycles. The zero-order valence-corrected chi connectivity index (χ0v) is 9.27. The highest BCUT2D eigenvalue weighted by Crippen LogP contribution is 2.20. The molecule has 0 aliphatic heterocycles. The predicted molar refractivity (Wildman–Crippen MR) is 56.9 cm³/mol. The van der Waals surface area contributed by atoms with E-state index in [-0.39, 0.29) is 0 Å². The fourth-order valence-electron chi connectivity index (χ4n) is 0.939. The third-order valence-electron chi connectivity index (χ3n) is 1.51. The summed E-state index contributed by atoms with van der Waals surface area (Å²) in [4.78, 5) is 0. The summed E-state index contributed by atoms with van der Waals surface area (Å²) >= 11 is 8.00. The third-order valence-corrected chi connectivity index (χ3v) is 2.60. The summed E-state index contributed by atoms with van der Waals surface area (Å²) < 4.78 is 2.61. The summed E-state index contributed by atoms with van der Waals surface area (Å²) in [6, 6.07) is 5.54. The molecule has 2 aromatic rings. The van der Waals surface area contributed by atoms with Crippen molar-refractivity contribution in [2.24, 2.45) is 0 Å². The van der Waals surface area contributed by atoms with Crippen molar-refractivity contribution in [1.82, 2.24) is 20.2 Å². The highest BCUT2D eigenvalue weighted by Gasteiger charge is 2.03. The first-order valence-corrected chi connectivity index (χ1v) is 4.91. The molecule has 4 nitrogen and oxygen atoms in total. The normalized spacial score (nSPS) is 10.3. The number of halogens is 2. The molecule has 0 atom stereocenters. The lowest BCUT2D eigenvalue weighted by Crippen LogP contribution is -1.97. The maximum Gasteiger partial charge on any atom is 0.143 e. The summed E-state index contributed by atoms with van der Waals surface area (Å²) in [6.07, 6.45) is 1.55. The van der Waals surface area contributed by atoms with Crippen molar-refractivity contribution in [2.45, 2.75) is 0 Å². The van der Waals surface area contributed by atoms with E-state index in [1.54, 1.807) is 17.1 Å². The average Bonchev–Trinajstić information content (AvgIpc) is 2.56. The Labute approximate surface area is 93.0 Å². The van der Waals surface area contributed by atoms with Gasteiger partial charge in [0.1, 0.15) is 6.33 Å². The number of hydrogen-bond acceptors (Lipinski definition) is 3. The summed E-state index contributed by atoms with van der Waals surface area (Å²) in [5.74, 6) is 0. The Morgan fingerprint density at radius 1 is 1.38 bits per heavy atom. The third kappa shape index (κ3) is 1.80. The second-order valence-corrected chi connectivity index (χ2v) is 3.95. The van der Waals surface area contributed by atoms with Crippen LogP contribution in [-0.2, 0) is 0 Å². The molecule has 0 unspecified atom stereocenters. The van der Waals surface area contributed by atoms with E-state index in [0.29, 0.717) is 5.02 Å². The second-order valence-electron chi connectivity index (χ2n) is 2.35. The van der Waals surface area contributed by atoms with Crippen LogP contribution in [0.25, 0.3) is 5.69 Å². The first-order chi connectivity index (χ1) is 6.27. The molecule has 66 valence electrons. The van der Waals surface area contributed by atoms with E-state index in [1.165, 1.54) is 0 Å². The zero-order valence-electron chi connectivity index (χ0n) is 6.35. The lowest BCUT2D eigenvalue weighted by Gasteiger charge is -2.01. The number of hydrogen-bond donors (Lipinski definition) is 0. The van der Waals surface area contributed by atoms with Gasteiger partial charge in [-0.25, -0.2) is 0 Å². The Kier molecular flexibility index (Phi) is 2.45. The minimum absolute atomic E-state index is 0.709. The van der Waals surface area contributed by atoms with Gasteiger partial charge in [0.2, 0.25) is 0 Å². The standard InChI is InChI=1S/C7H4ClIN4/c8-5-1-2-7(6(9)3-5)13-4-10-11-12-13/h1-4H. The van der Waals surface area contributed by atoms with Crippen molar-refractivity contribution in [3.63, 3.8) is 0 Å². The van der Waals surface area contributed by atoms with E-state index < -0.39 is 0 Å². The molecular formula is C7H4ClIN4. The number of rotatable bonds is 1. The molecule has 0 fully saturated rings. The molecule has 1 aromatic carbocycles.